The van der Waals surface area contributed by atoms with Gasteiger partial charge in [0.25, 0.3) is 0 Å². The second-order valence-electron chi connectivity index (χ2n) is 11.8. The van der Waals surface area contributed by atoms with Gasteiger partial charge in [-0.05, 0) is 65.3 Å². The Labute approximate surface area is 257 Å². The van der Waals surface area contributed by atoms with Crippen molar-refractivity contribution in [2.75, 3.05) is 18.4 Å². The van der Waals surface area contributed by atoms with Crippen LogP contribution in [-0.4, -0.2) is 58.5 Å². The molecule has 0 aromatic heterocycles. The fourth-order valence-corrected chi connectivity index (χ4v) is 6.51. The molecular weight excluding hydrogens is 550 g/mol. The van der Waals surface area contributed by atoms with Gasteiger partial charge in [-0.1, -0.05) is 84.9 Å². The highest BCUT2D eigenvalue weighted by Gasteiger charge is 2.35. The second kappa shape index (κ2) is 13.2. The minimum absolute atomic E-state index is 0.00132. The Balaban J connectivity index is 1.07. The van der Waals surface area contributed by atoms with Gasteiger partial charge < -0.3 is 15.1 Å². The molecule has 0 unspecified atom stereocenters. The van der Waals surface area contributed by atoms with Crippen molar-refractivity contribution in [2.45, 2.75) is 57.0 Å². The molecule has 2 saturated heterocycles. The minimum Gasteiger partial charge on any atom is -0.332 e. The number of Topliss-reactive ketones (excluding diaryl/α,β-unsaturated/α-hetero) is 1. The molecule has 1 N–H and O–H groups in total. The SMILES string of the molecule is O=C(Cc1ccc2cc(NC(=O)[C@@H]3CCCN3C(=O)Cc3ccccc3)ccc2c1)[C@@H]1CCCN1C(=O)Cc1ccccc1. The number of carbonyl (C=O) groups excluding carboxylic acids is 4. The lowest BCUT2D eigenvalue weighted by molar-refractivity contribution is -0.136. The van der Waals surface area contributed by atoms with E-state index in [9.17, 15) is 19.2 Å². The molecule has 2 atom stereocenters. The number of anilines is 1. The Morgan fingerprint density at radius 1 is 0.591 bits per heavy atom. The zero-order valence-corrected chi connectivity index (χ0v) is 24.8. The maximum absolute atomic E-state index is 13.3. The van der Waals surface area contributed by atoms with Gasteiger partial charge in [-0.25, -0.2) is 0 Å². The number of hydrogen-bond acceptors (Lipinski definition) is 4. The maximum atomic E-state index is 13.3. The largest absolute Gasteiger partial charge is 0.332 e. The first-order valence-corrected chi connectivity index (χ1v) is 15.5. The average Bonchev–Trinajstić information content (AvgIpc) is 3.73. The van der Waals surface area contributed by atoms with Crippen LogP contribution in [0.15, 0.2) is 97.1 Å². The monoisotopic (exact) mass is 587 g/mol. The molecule has 4 aromatic rings. The van der Waals surface area contributed by atoms with E-state index in [1.807, 2.05) is 97.1 Å². The molecule has 2 heterocycles. The molecule has 44 heavy (non-hydrogen) atoms. The fraction of sp³-hybridized carbons (Fsp3) is 0.297. The van der Waals surface area contributed by atoms with Gasteiger partial charge in [-0.2, -0.15) is 0 Å². The summed E-state index contributed by atoms with van der Waals surface area (Å²) in [6.45, 7) is 1.21. The van der Waals surface area contributed by atoms with Gasteiger partial charge in [0.05, 0.1) is 18.9 Å². The van der Waals surface area contributed by atoms with E-state index in [4.69, 9.17) is 0 Å². The molecule has 0 radical (unpaired) electrons. The van der Waals surface area contributed by atoms with Crippen LogP contribution >= 0.6 is 0 Å². The van der Waals surface area contributed by atoms with Crippen molar-refractivity contribution in [3.8, 4) is 0 Å². The van der Waals surface area contributed by atoms with Crippen LogP contribution in [0.4, 0.5) is 5.69 Å². The molecule has 4 aromatic carbocycles. The van der Waals surface area contributed by atoms with E-state index in [1.165, 1.54) is 0 Å². The lowest BCUT2D eigenvalue weighted by Crippen LogP contribution is -2.43. The fourth-order valence-electron chi connectivity index (χ4n) is 6.51. The summed E-state index contributed by atoms with van der Waals surface area (Å²) in [5.41, 5.74) is 3.47. The molecule has 2 fully saturated rings. The summed E-state index contributed by atoms with van der Waals surface area (Å²) in [6.07, 6.45) is 3.85. The summed E-state index contributed by atoms with van der Waals surface area (Å²) < 4.78 is 0. The standard InChI is InChI=1S/C37H37N3O4/c41-34(32-13-7-19-39(32)35(42)23-26-9-3-1-4-10-26)22-28-15-16-30-25-31(18-17-29(30)21-28)38-37(44)33-14-8-20-40(33)36(43)24-27-11-5-2-6-12-27/h1-6,9-12,15-18,21,25,32-33H,7-8,13-14,19-20,22-24H2,(H,38,44)/t32-,33-/m0/s1. The molecule has 0 bridgehead atoms. The lowest BCUT2D eigenvalue weighted by atomic mass is 9.99. The van der Waals surface area contributed by atoms with Crippen LogP contribution in [0, 0.1) is 0 Å². The van der Waals surface area contributed by atoms with Crippen molar-refractivity contribution in [1.82, 2.24) is 9.80 Å². The van der Waals surface area contributed by atoms with Crippen molar-refractivity contribution in [3.63, 3.8) is 0 Å². The van der Waals surface area contributed by atoms with E-state index in [0.717, 1.165) is 40.3 Å². The molecule has 7 heteroatoms. The van der Waals surface area contributed by atoms with Crippen molar-refractivity contribution in [2.24, 2.45) is 0 Å². The van der Waals surface area contributed by atoms with Gasteiger partial charge in [-0.15, -0.1) is 0 Å². The maximum Gasteiger partial charge on any atom is 0.247 e. The highest BCUT2D eigenvalue weighted by Crippen LogP contribution is 2.26. The predicted octanol–water partition coefficient (Wildman–Crippen LogP) is 5.36. The third-order valence-electron chi connectivity index (χ3n) is 8.77. The summed E-state index contributed by atoms with van der Waals surface area (Å²) in [5.74, 6) is -0.138. The van der Waals surface area contributed by atoms with E-state index >= 15 is 0 Å². The van der Waals surface area contributed by atoms with Crippen molar-refractivity contribution in [3.05, 3.63) is 114 Å². The number of hydrogen-bond donors (Lipinski definition) is 1. The van der Waals surface area contributed by atoms with Gasteiger partial charge in [0.15, 0.2) is 5.78 Å². The molecule has 2 aliphatic rings. The smallest absolute Gasteiger partial charge is 0.247 e. The zero-order valence-electron chi connectivity index (χ0n) is 24.8. The van der Waals surface area contributed by atoms with Crippen molar-refractivity contribution < 1.29 is 19.2 Å². The first kappa shape index (κ1) is 29.3. The van der Waals surface area contributed by atoms with Crippen LogP contribution in [0.3, 0.4) is 0 Å². The number of amides is 3. The Kier molecular flexibility index (Phi) is 8.82. The van der Waals surface area contributed by atoms with E-state index in [-0.39, 0.29) is 42.4 Å². The first-order chi connectivity index (χ1) is 21.4. The minimum atomic E-state index is -0.481. The number of nitrogens with zero attached hydrogens (tertiary/aromatic N) is 2. The Hall–Kier alpha value is -4.78. The molecule has 224 valence electrons. The van der Waals surface area contributed by atoms with Gasteiger partial charge in [-0.3, -0.25) is 19.2 Å². The van der Waals surface area contributed by atoms with E-state index < -0.39 is 6.04 Å². The number of nitrogens with one attached hydrogen (secondary N) is 1. The van der Waals surface area contributed by atoms with Crippen molar-refractivity contribution in [1.29, 1.82) is 0 Å². The summed E-state index contributed by atoms with van der Waals surface area (Å²) in [5, 5.41) is 4.93. The van der Waals surface area contributed by atoms with Gasteiger partial charge in [0, 0.05) is 25.2 Å². The van der Waals surface area contributed by atoms with Crippen LogP contribution < -0.4 is 5.32 Å². The zero-order chi connectivity index (χ0) is 30.5. The highest BCUT2D eigenvalue weighted by atomic mass is 16.2. The van der Waals surface area contributed by atoms with Crippen LogP contribution in [0.2, 0.25) is 0 Å². The molecule has 0 aliphatic carbocycles. The average molecular weight is 588 g/mol. The van der Waals surface area contributed by atoms with E-state index in [0.29, 0.717) is 38.0 Å². The third-order valence-corrected chi connectivity index (χ3v) is 8.77. The van der Waals surface area contributed by atoms with Gasteiger partial charge in [0.2, 0.25) is 17.7 Å². The summed E-state index contributed by atoms with van der Waals surface area (Å²) in [7, 11) is 0. The normalized spacial score (nSPS) is 18.0. The molecule has 6 rings (SSSR count). The molecule has 0 spiro atoms. The van der Waals surface area contributed by atoms with Crippen LogP contribution in [-0.2, 0) is 38.4 Å². The predicted molar refractivity (Wildman–Crippen MR) is 171 cm³/mol. The number of carbonyl (C=O) groups is 4. The first-order valence-electron chi connectivity index (χ1n) is 15.5. The second-order valence-corrected chi connectivity index (χ2v) is 11.8. The molecule has 0 saturated carbocycles. The molecule has 7 nitrogen and oxygen atoms in total. The molecule has 2 aliphatic heterocycles. The Morgan fingerprint density at radius 2 is 1.14 bits per heavy atom. The topological polar surface area (TPSA) is 86.8 Å². The number of ketones is 1. The Morgan fingerprint density at radius 3 is 1.77 bits per heavy atom. The quantitative estimate of drug-likeness (QED) is 0.286. The highest BCUT2D eigenvalue weighted by molar-refractivity contribution is 6.00. The van der Waals surface area contributed by atoms with Crippen LogP contribution in [0.5, 0.6) is 0 Å². The van der Waals surface area contributed by atoms with Crippen LogP contribution in [0.1, 0.15) is 42.4 Å². The molecule has 3 amide bonds. The number of likely N-dealkylation sites (tertiary alicyclic amines) is 2. The van der Waals surface area contributed by atoms with Crippen molar-refractivity contribution >= 4 is 40.0 Å². The summed E-state index contributed by atoms with van der Waals surface area (Å²) >= 11 is 0. The summed E-state index contributed by atoms with van der Waals surface area (Å²) in [4.78, 5) is 56.0. The lowest BCUT2D eigenvalue weighted by Gasteiger charge is -2.24. The third kappa shape index (κ3) is 6.72. The van der Waals surface area contributed by atoms with E-state index in [1.54, 1.807) is 9.80 Å². The summed E-state index contributed by atoms with van der Waals surface area (Å²) in [6, 6.07) is 30.0. The number of fused-ring (bicyclic) bond motifs is 1. The number of rotatable bonds is 9. The van der Waals surface area contributed by atoms with E-state index in [2.05, 4.69) is 5.32 Å². The Bertz CT molecular complexity index is 1550. The molecular formula is C37H37N3O4. The van der Waals surface area contributed by atoms with Gasteiger partial charge in [0.1, 0.15) is 6.04 Å². The number of benzene rings is 4. The van der Waals surface area contributed by atoms with Crippen LogP contribution in [0.25, 0.3) is 10.8 Å². The van der Waals surface area contributed by atoms with Gasteiger partial charge >= 0.3 is 0 Å².